The molecule has 2 aromatic rings. The fourth-order valence-electron chi connectivity index (χ4n) is 2.07. The Morgan fingerprint density at radius 1 is 1.29 bits per heavy atom. The van der Waals surface area contributed by atoms with Crippen molar-refractivity contribution in [2.75, 3.05) is 17.2 Å². The molecular weight excluding hydrogens is 238 g/mol. The van der Waals surface area contributed by atoms with Crippen LogP contribution in [0.25, 0.3) is 0 Å². The van der Waals surface area contributed by atoms with Crippen molar-refractivity contribution in [3.63, 3.8) is 0 Å². The van der Waals surface area contributed by atoms with E-state index in [4.69, 9.17) is 17.3 Å². The number of nitrogen functional groups attached to an aromatic ring is 1. The molecule has 3 rings (SSSR count). The van der Waals surface area contributed by atoms with Crippen LogP contribution in [0.15, 0.2) is 24.7 Å². The molecule has 0 fully saturated rings. The lowest BCUT2D eigenvalue weighted by Crippen LogP contribution is -2.34. The Labute approximate surface area is 104 Å². The SMILES string of the molecule is Nc1cc(Cl)cnc1N1CCn2ccnc2C1. The predicted octanol–water partition coefficient (Wildman–Crippen LogP) is 1.53. The van der Waals surface area contributed by atoms with Crippen molar-refractivity contribution < 1.29 is 0 Å². The molecule has 6 heteroatoms. The monoisotopic (exact) mass is 249 g/mol. The van der Waals surface area contributed by atoms with E-state index >= 15 is 0 Å². The van der Waals surface area contributed by atoms with E-state index in [1.165, 1.54) is 0 Å². The first-order valence-electron chi connectivity index (χ1n) is 5.40. The molecule has 1 aliphatic heterocycles. The topological polar surface area (TPSA) is 60.0 Å². The summed E-state index contributed by atoms with van der Waals surface area (Å²) < 4.78 is 2.14. The third-order valence-corrected chi connectivity index (χ3v) is 3.11. The number of imidazole rings is 1. The summed E-state index contributed by atoms with van der Waals surface area (Å²) in [6.45, 7) is 2.51. The maximum Gasteiger partial charge on any atom is 0.152 e. The smallest absolute Gasteiger partial charge is 0.152 e. The summed E-state index contributed by atoms with van der Waals surface area (Å²) in [6, 6.07) is 1.73. The number of pyridine rings is 1. The van der Waals surface area contributed by atoms with Crippen molar-refractivity contribution in [3.8, 4) is 0 Å². The van der Waals surface area contributed by atoms with Gasteiger partial charge in [-0.15, -0.1) is 0 Å². The largest absolute Gasteiger partial charge is 0.396 e. The van der Waals surface area contributed by atoms with Crippen LogP contribution in [-0.2, 0) is 13.1 Å². The first-order chi connectivity index (χ1) is 8.24. The van der Waals surface area contributed by atoms with Crippen LogP contribution in [0.5, 0.6) is 0 Å². The molecule has 17 heavy (non-hydrogen) atoms. The standard InChI is InChI=1S/C11H12ClN5/c12-8-5-9(13)11(15-6-8)17-4-3-16-2-1-14-10(16)7-17/h1-2,5-6H,3-4,7,13H2. The Morgan fingerprint density at radius 2 is 2.18 bits per heavy atom. The molecule has 5 nitrogen and oxygen atoms in total. The van der Waals surface area contributed by atoms with Gasteiger partial charge in [-0.2, -0.15) is 0 Å². The van der Waals surface area contributed by atoms with Crippen LogP contribution in [0.4, 0.5) is 11.5 Å². The maximum atomic E-state index is 5.93. The average Bonchev–Trinajstić information content (AvgIpc) is 2.75. The Morgan fingerprint density at radius 3 is 3.00 bits per heavy atom. The molecule has 1 aliphatic rings. The molecule has 0 aliphatic carbocycles. The second-order valence-corrected chi connectivity index (χ2v) is 4.46. The minimum atomic E-state index is 0.560. The molecule has 0 spiro atoms. The van der Waals surface area contributed by atoms with Crippen LogP contribution in [0.2, 0.25) is 5.02 Å². The first-order valence-corrected chi connectivity index (χ1v) is 5.78. The lowest BCUT2D eigenvalue weighted by Gasteiger charge is -2.29. The highest BCUT2D eigenvalue weighted by Crippen LogP contribution is 2.26. The zero-order chi connectivity index (χ0) is 11.8. The van der Waals surface area contributed by atoms with Crippen LogP contribution in [-0.4, -0.2) is 21.1 Å². The number of nitrogens with two attached hydrogens (primary N) is 1. The Hall–Kier alpha value is -1.75. The quantitative estimate of drug-likeness (QED) is 0.833. The molecule has 0 saturated heterocycles. The molecule has 0 radical (unpaired) electrons. The van der Waals surface area contributed by atoms with Crippen molar-refractivity contribution in [2.24, 2.45) is 0 Å². The maximum absolute atomic E-state index is 5.93. The van der Waals surface area contributed by atoms with E-state index in [9.17, 15) is 0 Å². The van der Waals surface area contributed by atoms with E-state index in [2.05, 4.69) is 19.4 Å². The lowest BCUT2D eigenvalue weighted by molar-refractivity contribution is 0.557. The van der Waals surface area contributed by atoms with Gasteiger partial charge in [0.2, 0.25) is 0 Å². The molecule has 3 heterocycles. The highest BCUT2D eigenvalue weighted by Gasteiger charge is 2.19. The van der Waals surface area contributed by atoms with Crippen LogP contribution >= 0.6 is 11.6 Å². The van der Waals surface area contributed by atoms with Gasteiger partial charge in [0.25, 0.3) is 0 Å². The minimum absolute atomic E-state index is 0.560. The highest BCUT2D eigenvalue weighted by molar-refractivity contribution is 6.30. The summed E-state index contributed by atoms with van der Waals surface area (Å²) in [7, 11) is 0. The van der Waals surface area contributed by atoms with Gasteiger partial charge in [0, 0.05) is 31.7 Å². The summed E-state index contributed by atoms with van der Waals surface area (Å²) in [5.74, 6) is 1.82. The average molecular weight is 250 g/mol. The molecular formula is C11H12ClN5. The number of nitrogens with zero attached hydrogens (tertiary/aromatic N) is 4. The summed E-state index contributed by atoms with van der Waals surface area (Å²) >= 11 is 5.84. The molecule has 0 amide bonds. The third kappa shape index (κ3) is 1.82. The van der Waals surface area contributed by atoms with Crippen molar-refractivity contribution in [1.29, 1.82) is 0 Å². The Balaban J connectivity index is 1.91. The van der Waals surface area contributed by atoms with E-state index in [0.717, 1.165) is 31.3 Å². The van der Waals surface area contributed by atoms with E-state index < -0.39 is 0 Å². The van der Waals surface area contributed by atoms with E-state index in [1.54, 1.807) is 12.3 Å². The van der Waals surface area contributed by atoms with Gasteiger partial charge in [0.05, 0.1) is 17.3 Å². The molecule has 2 N–H and O–H groups in total. The number of hydrogen-bond donors (Lipinski definition) is 1. The Kier molecular flexibility index (Phi) is 2.40. The summed E-state index contributed by atoms with van der Waals surface area (Å²) in [5, 5.41) is 0.560. The van der Waals surface area contributed by atoms with Crippen molar-refractivity contribution >= 4 is 23.1 Å². The molecule has 2 aromatic heterocycles. The van der Waals surface area contributed by atoms with Crippen LogP contribution in [0.1, 0.15) is 5.82 Å². The van der Waals surface area contributed by atoms with E-state index in [-0.39, 0.29) is 0 Å². The van der Waals surface area contributed by atoms with E-state index in [1.807, 2.05) is 12.4 Å². The number of rotatable bonds is 1. The van der Waals surface area contributed by atoms with Gasteiger partial charge in [-0.05, 0) is 6.07 Å². The third-order valence-electron chi connectivity index (χ3n) is 2.91. The number of halogens is 1. The first kappa shape index (κ1) is 10.4. The zero-order valence-corrected chi connectivity index (χ0v) is 9.93. The minimum Gasteiger partial charge on any atom is -0.396 e. The van der Waals surface area contributed by atoms with E-state index in [0.29, 0.717) is 10.7 Å². The van der Waals surface area contributed by atoms with Crippen molar-refractivity contribution in [1.82, 2.24) is 14.5 Å². The van der Waals surface area contributed by atoms with Gasteiger partial charge in [-0.3, -0.25) is 0 Å². The van der Waals surface area contributed by atoms with Gasteiger partial charge in [-0.25, -0.2) is 9.97 Å². The fraction of sp³-hybridized carbons (Fsp3) is 0.273. The molecule has 0 bridgehead atoms. The second kappa shape index (κ2) is 3.92. The van der Waals surface area contributed by atoms with Crippen LogP contribution < -0.4 is 10.6 Å². The van der Waals surface area contributed by atoms with Gasteiger partial charge in [-0.1, -0.05) is 11.6 Å². The molecule has 0 atom stereocenters. The number of aromatic nitrogens is 3. The lowest BCUT2D eigenvalue weighted by atomic mass is 10.3. The number of fused-ring (bicyclic) bond motifs is 1. The van der Waals surface area contributed by atoms with Gasteiger partial charge < -0.3 is 15.2 Å². The van der Waals surface area contributed by atoms with Crippen LogP contribution in [0.3, 0.4) is 0 Å². The molecule has 0 unspecified atom stereocenters. The molecule has 0 aromatic carbocycles. The second-order valence-electron chi connectivity index (χ2n) is 4.02. The zero-order valence-electron chi connectivity index (χ0n) is 9.17. The summed E-state index contributed by atoms with van der Waals surface area (Å²) in [6.07, 6.45) is 5.43. The predicted molar refractivity (Wildman–Crippen MR) is 66.9 cm³/mol. The summed E-state index contributed by atoms with van der Waals surface area (Å²) in [4.78, 5) is 10.7. The fourth-order valence-corrected chi connectivity index (χ4v) is 2.23. The molecule has 88 valence electrons. The van der Waals surface area contributed by atoms with Gasteiger partial charge in [0.1, 0.15) is 5.82 Å². The van der Waals surface area contributed by atoms with Crippen molar-refractivity contribution in [3.05, 3.63) is 35.5 Å². The normalized spacial score (nSPS) is 14.8. The van der Waals surface area contributed by atoms with Gasteiger partial charge in [0.15, 0.2) is 5.82 Å². The summed E-state index contributed by atoms with van der Waals surface area (Å²) in [5.41, 5.74) is 6.54. The number of hydrogen-bond acceptors (Lipinski definition) is 4. The van der Waals surface area contributed by atoms with Crippen LogP contribution in [0, 0.1) is 0 Å². The van der Waals surface area contributed by atoms with Gasteiger partial charge >= 0.3 is 0 Å². The Bertz CT molecular complexity index is 551. The highest BCUT2D eigenvalue weighted by atomic mass is 35.5. The number of anilines is 2. The molecule has 0 saturated carbocycles. The van der Waals surface area contributed by atoms with Crippen molar-refractivity contribution in [2.45, 2.75) is 13.1 Å².